The van der Waals surface area contributed by atoms with Crippen LogP contribution in [0.4, 0.5) is 0 Å². The molecular weight excluding hydrogens is 244 g/mol. The topological polar surface area (TPSA) is 113 Å². The van der Waals surface area contributed by atoms with Crippen LogP contribution in [-0.4, -0.2) is 59.8 Å². The first-order chi connectivity index (χ1) is 8.22. The Labute approximate surface area is 107 Å². The number of rotatable bonds is 3. The van der Waals surface area contributed by atoms with Gasteiger partial charge >= 0.3 is 11.9 Å². The van der Waals surface area contributed by atoms with Crippen molar-refractivity contribution in [3.8, 4) is 0 Å². The third-order valence-electron chi connectivity index (χ3n) is 1.18. The highest BCUT2D eigenvalue weighted by atomic mass is 16.5. The molecule has 110 valence electrons. The molecule has 0 aliphatic rings. The lowest BCUT2D eigenvalue weighted by atomic mass is 10.4. The van der Waals surface area contributed by atoms with E-state index in [1.165, 1.54) is 27.9 Å². The summed E-state index contributed by atoms with van der Waals surface area (Å²) >= 11 is 0. The predicted molar refractivity (Wildman–Crippen MR) is 64.8 cm³/mol. The highest BCUT2D eigenvalue weighted by molar-refractivity contribution is 5.73. The zero-order valence-corrected chi connectivity index (χ0v) is 11.5. The molecule has 0 saturated carbocycles. The van der Waals surface area contributed by atoms with Crippen LogP contribution in [0, 0.1) is 0 Å². The Morgan fingerprint density at radius 3 is 1.61 bits per heavy atom. The lowest BCUT2D eigenvalue weighted by molar-refractivity contribution is -0.151. The fraction of sp³-hybridized carbons (Fsp3) is 0.818. The Balaban J connectivity index is -0.000000197. The molecule has 0 fully saturated rings. The van der Waals surface area contributed by atoms with Gasteiger partial charge in [0.25, 0.3) is 0 Å². The zero-order valence-electron chi connectivity index (χ0n) is 11.5. The number of carbonyl (C=O) groups is 2. The summed E-state index contributed by atoms with van der Waals surface area (Å²) in [7, 11) is 1.35. The number of esters is 2. The van der Waals surface area contributed by atoms with E-state index in [4.69, 9.17) is 15.3 Å². The van der Waals surface area contributed by atoms with Crippen molar-refractivity contribution in [1.29, 1.82) is 0 Å². The molecule has 0 aliphatic heterocycles. The van der Waals surface area contributed by atoms with Crippen LogP contribution in [-0.2, 0) is 19.1 Å². The van der Waals surface area contributed by atoms with Gasteiger partial charge in [0.15, 0.2) is 0 Å². The van der Waals surface area contributed by atoms with Gasteiger partial charge < -0.3 is 24.8 Å². The van der Waals surface area contributed by atoms with E-state index >= 15 is 0 Å². The van der Waals surface area contributed by atoms with Gasteiger partial charge in [-0.05, 0) is 20.8 Å². The highest BCUT2D eigenvalue weighted by Gasteiger charge is 2.07. The maximum absolute atomic E-state index is 10.3. The molecule has 18 heavy (non-hydrogen) atoms. The summed E-state index contributed by atoms with van der Waals surface area (Å²) < 4.78 is 8.53. The number of hydrogen-bond acceptors (Lipinski definition) is 7. The molecule has 0 amide bonds. The summed E-state index contributed by atoms with van der Waals surface area (Å²) in [6, 6.07) is 0. The normalized spacial score (nSPS) is 11.8. The van der Waals surface area contributed by atoms with Gasteiger partial charge in [-0.1, -0.05) is 0 Å². The number of aliphatic hydroxyl groups excluding tert-OH is 3. The second-order valence-corrected chi connectivity index (χ2v) is 3.16. The summed E-state index contributed by atoms with van der Waals surface area (Å²) in [4.78, 5) is 19.9. The monoisotopic (exact) mass is 268 g/mol. The van der Waals surface area contributed by atoms with E-state index in [0.717, 1.165) is 0 Å². The third kappa shape index (κ3) is 29.4. The van der Waals surface area contributed by atoms with Gasteiger partial charge in [-0.2, -0.15) is 0 Å². The first-order valence-electron chi connectivity index (χ1n) is 5.40. The minimum atomic E-state index is -0.991. The van der Waals surface area contributed by atoms with E-state index < -0.39 is 18.2 Å². The number of ether oxygens (including phenoxy) is 2. The minimum absolute atomic E-state index is 0.139. The van der Waals surface area contributed by atoms with Crippen molar-refractivity contribution in [3.63, 3.8) is 0 Å². The number of hydrogen-bond donors (Lipinski definition) is 3. The number of carbonyl (C=O) groups excluding carboxylic acids is 2. The lowest BCUT2D eigenvalue weighted by Gasteiger charge is -2.01. The Bertz CT molecular complexity index is 202. The van der Waals surface area contributed by atoms with E-state index in [-0.39, 0.29) is 12.6 Å². The van der Waals surface area contributed by atoms with Crippen molar-refractivity contribution in [2.75, 3.05) is 20.3 Å². The van der Waals surface area contributed by atoms with Gasteiger partial charge in [0.2, 0.25) is 0 Å². The largest absolute Gasteiger partial charge is 0.469 e. The summed E-state index contributed by atoms with van der Waals surface area (Å²) in [5.74, 6) is -0.808. The predicted octanol–water partition coefficient (Wildman–Crippen LogP) is -0.531. The van der Waals surface area contributed by atoms with E-state index in [1.54, 1.807) is 6.92 Å². The number of aliphatic hydroxyl groups is 3. The van der Waals surface area contributed by atoms with E-state index in [1.807, 2.05) is 0 Å². The van der Waals surface area contributed by atoms with Gasteiger partial charge in [-0.3, -0.25) is 4.79 Å². The van der Waals surface area contributed by atoms with Crippen molar-refractivity contribution in [3.05, 3.63) is 0 Å². The molecule has 0 aromatic rings. The standard InChI is InChI=1S/C5H10O3.C3H6O2.C3H8O2/c1-3-8-5(7)4(2)6;1-3(4)5-2;1-3(5)2-4/h4,6H,3H2,1-2H3;1-2H3;3-5H,2H2,1H3. The fourth-order valence-corrected chi connectivity index (χ4v) is 0.263. The summed E-state index contributed by atoms with van der Waals surface area (Å²) in [5.41, 5.74) is 0. The zero-order chi connectivity index (χ0) is 15.1. The Morgan fingerprint density at radius 1 is 1.22 bits per heavy atom. The molecule has 0 radical (unpaired) electrons. The highest BCUT2D eigenvalue weighted by Crippen LogP contribution is 1.84. The maximum Gasteiger partial charge on any atom is 0.334 e. The summed E-state index contributed by atoms with van der Waals surface area (Å²) in [6.07, 6.45) is -1.55. The molecule has 0 heterocycles. The van der Waals surface area contributed by atoms with E-state index in [9.17, 15) is 9.59 Å². The Hall–Kier alpha value is -1.18. The average molecular weight is 268 g/mol. The van der Waals surface area contributed by atoms with E-state index in [0.29, 0.717) is 6.61 Å². The second-order valence-electron chi connectivity index (χ2n) is 3.16. The third-order valence-corrected chi connectivity index (χ3v) is 1.18. The van der Waals surface area contributed by atoms with Gasteiger partial charge in [-0.15, -0.1) is 0 Å². The molecule has 0 spiro atoms. The molecule has 2 unspecified atom stereocenters. The molecule has 0 aliphatic carbocycles. The minimum Gasteiger partial charge on any atom is -0.469 e. The van der Waals surface area contributed by atoms with Gasteiger partial charge in [0.05, 0.1) is 26.4 Å². The van der Waals surface area contributed by atoms with Crippen LogP contribution in [0.25, 0.3) is 0 Å². The second kappa shape index (κ2) is 15.8. The van der Waals surface area contributed by atoms with E-state index in [2.05, 4.69) is 9.47 Å². The molecule has 0 aromatic heterocycles. The fourth-order valence-electron chi connectivity index (χ4n) is 0.263. The van der Waals surface area contributed by atoms with Crippen molar-refractivity contribution >= 4 is 11.9 Å². The molecule has 0 aromatic carbocycles. The molecular formula is C11H24O7. The van der Waals surface area contributed by atoms with Crippen LogP contribution in [0.5, 0.6) is 0 Å². The Morgan fingerprint density at radius 2 is 1.56 bits per heavy atom. The first kappa shape index (κ1) is 22.0. The molecule has 0 rings (SSSR count). The van der Waals surface area contributed by atoms with Crippen LogP contribution in [0.1, 0.15) is 27.7 Å². The number of methoxy groups -OCH3 is 1. The SMILES string of the molecule is CC(O)CO.CCOC(=O)C(C)O.COC(C)=O. The quantitative estimate of drug-likeness (QED) is 0.589. The first-order valence-corrected chi connectivity index (χ1v) is 5.40. The van der Waals surface area contributed by atoms with Gasteiger partial charge in [0, 0.05) is 6.92 Å². The van der Waals surface area contributed by atoms with Gasteiger partial charge in [0.1, 0.15) is 6.10 Å². The summed E-state index contributed by atoms with van der Waals surface area (Å²) in [6.45, 7) is 6.14. The summed E-state index contributed by atoms with van der Waals surface area (Å²) in [5, 5.41) is 24.5. The van der Waals surface area contributed by atoms with Crippen molar-refractivity contribution in [2.45, 2.75) is 39.9 Å². The van der Waals surface area contributed by atoms with Crippen molar-refractivity contribution in [2.24, 2.45) is 0 Å². The molecule has 0 saturated heterocycles. The van der Waals surface area contributed by atoms with Crippen LogP contribution < -0.4 is 0 Å². The van der Waals surface area contributed by atoms with Crippen LogP contribution in [0.3, 0.4) is 0 Å². The van der Waals surface area contributed by atoms with Crippen LogP contribution in [0.2, 0.25) is 0 Å². The Kier molecular flexibility index (Phi) is 19.4. The van der Waals surface area contributed by atoms with Crippen molar-refractivity contribution in [1.82, 2.24) is 0 Å². The molecule has 7 heteroatoms. The lowest BCUT2D eigenvalue weighted by Crippen LogP contribution is -2.18. The molecule has 3 N–H and O–H groups in total. The maximum atomic E-state index is 10.3. The molecule has 0 bridgehead atoms. The smallest absolute Gasteiger partial charge is 0.334 e. The molecule has 7 nitrogen and oxygen atoms in total. The molecule has 2 atom stereocenters. The van der Waals surface area contributed by atoms with Crippen molar-refractivity contribution < 1.29 is 34.4 Å². The van der Waals surface area contributed by atoms with Crippen LogP contribution in [0.15, 0.2) is 0 Å². The van der Waals surface area contributed by atoms with Crippen LogP contribution >= 0.6 is 0 Å². The van der Waals surface area contributed by atoms with Gasteiger partial charge in [-0.25, -0.2) is 4.79 Å². The average Bonchev–Trinajstić information content (AvgIpc) is 2.30.